The van der Waals surface area contributed by atoms with Crippen molar-refractivity contribution < 1.29 is 18.0 Å². The molecule has 0 aromatic carbocycles. The van der Waals surface area contributed by atoms with Gasteiger partial charge in [-0.1, -0.05) is 0 Å². The quantitative estimate of drug-likeness (QED) is 0.896. The number of halogens is 3. The number of piperazine rings is 1. The lowest BCUT2D eigenvalue weighted by Crippen LogP contribution is -2.51. The lowest BCUT2D eigenvalue weighted by molar-refractivity contribution is -0.148. The average Bonchev–Trinajstić information content (AvgIpc) is 2.46. The highest BCUT2D eigenvalue weighted by Crippen LogP contribution is 2.18. The lowest BCUT2D eigenvalue weighted by Gasteiger charge is -2.34. The summed E-state index contributed by atoms with van der Waals surface area (Å²) in [5.41, 5.74) is 0.193. The number of amides is 1. The van der Waals surface area contributed by atoms with E-state index in [1.807, 2.05) is 0 Å². The molecule has 21 heavy (non-hydrogen) atoms. The molecule has 1 amide bonds. The van der Waals surface area contributed by atoms with Crippen LogP contribution in [0.15, 0.2) is 12.4 Å². The number of hydrogen-bond donors (Lipinski definition) is 1. The third-order valence-corrected chi connectivity index (χ3v) is 3.19. The molecule has 0 saturated carbocycles. The molecule has 2 rings (SSSR count). The molecular formula is C12H16F3N5O. The Morgan fingerprint density at radius 3 is 2.38 bits per heavy atom. The van der Waals surface area contributed by atoms with Crippen molar-refractivity contribution in [1.82, 2.24) is 19.8 Å². The second-order valence-corrected chi connectivity index (χ2v) is 4.72. The van der Waals surface area contributed by atoms with Gasteiger partial charge in [-0.25, -0.2) is 9.97 Å². The van der Waals surface area contributed by atoms with Gasteiger partial charge < -0.3 is 10.2 Å². The summed E-state index contributed by atoms with van der Waals surface area (Å²) in [5.74, 6) is 0.235. The summed E-state index contributed by atoms with van der Waals surface area (Å²) in [7, 11) is 1.69. The van der Waals surface area contributed by atoms with Crippen LogP contribution < -0.4 is 5.32 Å². The maximum Gasteiger partial charge on any atom is 0.401 e. The Morgan fingerprint density at radius 2 is 1.90 bits per heavy atom. The Kier molecular flexibility index (Phi) is 4.61. The highest BCUT2D eigenvalue weighted by Gasteiger charge is 2.33. The highest BCUT2D eigenvalue weighted by molar-refractivity contribution is 5.92. The average molecular weight is 303 g/mol. The standard InChI is InChI=1S/C12H16F3N5O/c1-16-10-7-17-9(6-18-10)11(21)20-4-2-19(3-5-20)8-12(13,14)15/h6-7H,2-5,8H2,1H3,(H,16,18). The van der Waals surface area contributed by atoms with Gasteiger partial charge in [-0.05, 0) is 0 Å². The van der Waals surface area contributed by atoms with Crippen molar-refractivity contribution in [3.63, 3.8) is 0 Å². The fourth-order valence-electron chi connectivity index (χ4n) is 2.09. The van der Waals surface area contributed by atoms with Crippen molar-refractivity contribution in [2.75, 3.05) is 45.1 Å². The SMILES string of the molecule is CNc1cnc(C(=O)N2CCN(CC(F)(F)F)CC2)cn1. The topological polar surface area (TPSA) is 61.4 Å². The van der Waals surface area contributed by atoms with Crippen LogP contribution in [0.4, 0.5) is 19.0 Å². The first-order valence-electron chi connectivity index (χ1n) is 6.47. The predicted octanol–water partition coefficient (Wildman–Crippen LogP) is 0.838. The zero-order chi connectivity index (χ0) is 15.5. The van der Waals surface area contributed by atoms with E-state index in [-0.39, 0.29) is 37.8 Å². The number of hydrogen-bond acceptors (Lipinski definition) is 5. The third kappa shape index (κ3) is 4.28. The summed E-state index contributed by atoms with van der Waals surface area (Å²) in [4.78, 5) is 22.9. The minimum absolute atomic E-state index is 0.193. The fraction of sp³-hybridized carbons (Fsp3) is 0.583. The summed E-state index contributed by atoms with van der Waals surface area (Å²) in [6.07, 6.45) is -1.41. The normalized spacial score (nSPS) is 16.9. The molecule has 1 aliphatic rings. The van der Waals surface area contributed by atoms with Crippen LogP contribution in [0.1, 0.15) is 10.5 Å². The zero-order valence-corrected chi connectivity index (χ0v) is 11.5. The van der Waals surface area contributed by atoms with Gasteiger partial charge in [0.2, 0.25) is 0 Å². The molecule has 0 unspecified atom stereocenters. The summed E-state index contributed by atoms with van der Waals surface area (Å²) < 4.78 is 36.9. The molecule has 0 bridgehead atoms. The van der Waals surface area contributed by atoms with Gasteiger partial charge in [0.25, 0.3) is 5.91 Å². The zero-order valence-electron chi connectivity index (χ0n) is 11.5. The van der Waals surface area contributed by atoms with E-state index in [2.05, 4.69) is 15.3 Å². The summed E-state index contributed by atoms with van der Waals surface area (Å²) in [5, 5.41) is 2.79. The van der Waals surface area contributed by atoms with Crippen LogP contribution in [0, 0.1) is 0 Å². The molecule has 6 nitrogen and oxygen atoms in total. The molecule has 0 atom stereocenters. The summed E-state index contributed by atoms with van der Waals surface area (Å²) in [6.45, 7) is -0.0268. The van der Waals surface area contributed by atoms with Crippen LogP contribution >= 0.6 is 0 Å². The number of nitrogens with zero attached hydrogens (tertiary/aromatic N) is 4. The first-order chi connectivity index (χ1) is 9.89. The molecular weight excluding hydrogens is 287 g/mol. The van der Waals surface area contributed by atoms with Crippen LogP contribution in [-0.2, 0) is 0 Å². The van der Waals surface area contributed by atoms with Crippen molar-refractivity contribution in [2.24, 2.45) is 0 Å². The van der Waals surface area contributed by atoms with Gasteiger partial charge >= 0.3 is 6.18 Å². The van der Waals surface area contributed by atoms with Crippen LogP contribution in [0.5, 0.6) is 0 Å². The molecule has 1 aliphatic heterocycles. The number of rotatable bonds is 3. The van der Waals surface area contributed by atoms with E-state index in [0.717, 1.165) is 0 Å². The van der Waals surface area contributed by atoms with E-state index in [4.69, 9.17) is 0 Å². The van der Waals surface area contributed by atoms with E-state index in [1.165, 1.54) is 22.2 Å². The Hall–Kier alpha value is -1.90. The van der Waals surface area contributed by atoms with Gasteiger partial charge in [0, 0.05) is 33.2 Å². The fourth-order valence-corrected chi connectivity index (χ4v) is 2.09. The van der Waals surface area contributed by atoms with E-state index in [0.29, 0.717) is 5.82 Å². The monoisotopic (exact) mass is 303 g/mol. The van der Waals surface area contributed by atoms with E-state index in [9.17, 15) is 18.0 Å². The van der Waals surface area contributed by atoms with Gasteiger partial charge in [-0.15, -0.1) is 0 Å². The van der Waals surface area contributed by atoms with Crippen LogP contribution in [-0.4, -0.2) is 71.6 Å². The van der Waals surface area contributed by atoms with Gasteiger partial charge in [0.15, 0.2) is 0 Å². The molecule has 9 heteroatoms. The second kappa shape index (κ2) is 6.25. The number of anilines is 1. The minimum atomic E-state index is -4.21. The smallest absolute Gasteiger partial charge is 0.372 e. The predicted molar refractivity (Wildman–Crippen MR) is 70.0 cm³/mol. The third-order valence-electron chi connectivity index (χ3n) is 3.19. The van der Waals surface area contributed by atoms with Gasteiger partial charge in [-0.3, -0.25) is 9.69 Å². The molecule has 0 spiro atoms. The molecule has 116 valence electrons. The minimum Gasteiger partial charge on any atom is -0.372 e. The first-order valence-corrected chi connectivity index (χ1v) is 6.47. The number of nitrogens with one attached hydrogen (secondary N) is 1. The Balaban J connectivity index is 1.90. The maximum atomic E-state index is 12.3. The number of aromatic nitrogens is 2. The van der Waals surface area contributed by atoms with Gasteiger partial charge in [0.1, 0.15) is 11.5 Å². The number of alkyl halides is 3. The molecule has 0 radical (unpaired) electrons. The molecule has 1 N–H and O–H groups in total. The van der Waals surface area contributed by atoms with Crippen molar-refractivity contribution in [2.45, 2.75) is 6.18 Å². The first kappa shape index (κ1) is 15.5. The van der Waals surface area contributed by atoms with Crippen molar-refractivity contribution in [3.8, 4) is 0 Å². The van der Waals surface area contributed by atoms with Crippen LogP contribution in [0.3, 0.4) is 0 Å². The molecule has 0 aliphatic carbocycles. The molecule has 1 fully saturated rings. The maximum absolute atomic E-state index is 12.3. The second-order valence-electron chi connectivity index (χ2n) is 4.72. The van der Waals surface area contributed by atoms with E-state index in [1.54, 1.807) is 7.05 Å². The Morgan fingerprint density at radius 1 is 1.24 bits per heavy atom. The lowest BCUT2D eigenvalue weighted by atomic mass is 10.2. The Bertz CT molecular complexity index is 483. The highest BCUT2D eigenvalue weighted by atomic mass is 19.4. The van der Waals surface area contributed by atoms with Crippen molar-refractivity contribution >= 4 is 11.7 Å². The summed E-state index contributed by atoms with van der Waals surface area (Å²) in [6, 6.07) is 0. The number of carbonyl (C=O) groups excluding carboxylic acids is 1. The van der Waals surface area contributed by atoms with E-state index >= 15 is 0 Å². The van der Waals surface area contributed by atoms with Crippen molar-refractivity contribution in [1.29, 1.82) is 0 Å². The van der Waals surface area contributed by atoms with Gasteiger partial charge in [-0.2, -0.15) is 13.2 Å². The molecule has 2 heterocycles. The largest absolute Gasteiger partial charge is 0.401 e. The molecule has 1 aromatic rings. The van der Waals surface area contributed by atoms with Crippen LogP contribution in [0.25, 0.3) is 0 Å². The van der Waals surface area contributed by atoms with E-state index < -0.39 is 12.7 Å². The molecule has 1 aromatic heterocycles. The summed E-state index contributed by atoms with van der Waals surface area (Å²) >= 11 is 0. The number of carbonyl (C=O) groups is 1. The Labute approximate surface area is 120 Å². The van der Waals surface area contributed by atoms with Crippen LogP contribution in [0.2, 0.25) is 0 Å². The molecule has 1 saturated heterocycles. The van der Waals surface area contributed by atoms with Gasteiger partial charge in [0.05, 0.1) is 18.9 Å². The van der Waals surface area contributed by atoms with Crippen molar-refractivity contribution in [3.05, 3.63) is 18.1 Å².